The van der Waals surface area contributed by atoms with Gasteiger partial charge in [0.15, 0.2) is 9.84 Å². The molecule has 2 aliphatic rings. The van der Waals surface area contributed by atoms with Gasteiger partial charge >= 0.3 is 0 Å². The van der Waals surface area contributed by atoms with Gasteiger partial charge in [-0.2, -0.15) is 0 Å². The first-order valence-electron chi connectivity index (χ1n) is 16.4. The van der Waals surface area contributed by atoms with Crippen LogP contribution in [0.2, 0.25) is 0 Å². The highest BCUT2D eigenvalue weighted by Crippen LogP contribution is 2.27. The molecular weight excluding hydrogens is 714 g/mol. The fourth-order valence-corrected chi connectivity index (χ4v) is 7.55. The SMILES string of the molecule is NCc1ccc(CO)cc1.O=C1CCCc2cc(S(=O)(=O)CCc3ccc(CO)cc3)ccc2N1.O=C1CCCc2cc(S(=O)(=O)Cl)ccc2N1. The summed E-state index contributed by atoms with van der Waals surface area (Å²) in [6.45, 7) is 0.640. The van der Waals surface area contributed by atoms with Crippen molar-refractivity contribution in [1.82, 2.24) is 0 Å². The summed E-state index contributed by atoms with van der Waals surface area (Å²) in [6.07, 6.45) is 4.14. The second-order valence-corrected chi connectivity index (χ2v) is 16.8. The summed E-state index contributed by atoms with van der Waals surface area (Å²) >= 11 is 0. The van der Waals surface area contributed by atoms with Gasteiger partial charge in [0, 0.05) is 41.4 Å². The number of carbonyl (C=O) groups excluding carboxylic acids is 2. The van der Waals surface area contributed by atoms with Crippen molar-refractivity contribution in [2.45, 2.75) is 74.5 Å². The van der Waals surface area contributed by atoms with E-state index in [1.807, 2.05) is 36.4 Å². The summed E-state index contributed by atoms with van der Waals surface area (Å²) in [5.41, 5.74) is 12.2. The Hall–Kier alpha value is -4.11. The van der Waals surface area contributed by atoms with Crippen LogP contribution < -0.4 is 16.4 Å². The van der Waals surface area contributed by atoms with E-state index in [0.717, 1.165) is 39.8 Å². The second kappa shape index (κ2) is 18.4. The van der Waals surface area contributed by atoms with Gasteiger partial charge in [-0.25, -0.2) is 16.8 Å². The van der Waals surface area contributed by atoms with Gasteiger partial charge in [-0.05, 0) is 102 Å². The van der Waals surface area contributed by atoms with Gasteiger partial charge in [0.1, 0.15) is 0 Å². The maximum atomic E-state index is 12.6. The Morgan fingerprint density at radius 3 is 1.49 bits per heavy atom. The van der Waals surface area contributed by atoms with Crippen LogP contribution in [0.15, 0.2) is 94.7 Å². The van der Waals surface area contributed by atoms with Crippen LogP contribution in [0.25, 0.3) is 0 Å². The highest BCUT2D eigenvalue weighted by Gasteiger charge is 2.20. The van der Waals surface area contributed by atoms with E-state index < -0.39 is 18.9 Å². The summed E-state index contributed by atoms with van der Waals surface area (Å²) in [5.74, 6) is -0.0442. The first-order valence-corrected chi connectivity index (χ1v) is 20.4. The Labute approximate surface area is 303 Å². The molecule has 0 spiro atoms. The molecule has 2 aliphatic heterocycles. The molecule has 0 bridgehead atoms. The zero-order chi connectivity index (χ0) is 37.0. The normalized spacial score (nSPS) is 14.1. The Morgan fingerprint density at radius 2 is 1.04 bits per heavy atom. The highest BCUT2D eigenvalue weighted by molar-refractivity contribution is 8.13. The number of aliphatic hydroxyl groups excluding tert-OH is 2. The van der Waals surface area contributed by atoms with Crippen molar-refractivity contribution < 1.29 is 36.6 Å². The number of nitrogens with two attached hydrogens (primary N) is 1. The van der Waals surface area contributed by atoms with Crippen molar-refractivity contribution in [2.75, 3.05) is 16.4 Å². The molecule has 14 heteroatoms. The number of sulfone groups is 1. The first-order chi connectivity index (χ1) is 24.3. The number of amides is 2. The lowest BCUT2D eigenvalue weighted by Crippen LogP contribution is -2.11. The van der Waals surface area contributed by atoms with Crippen LogP contribution in [0.4, 0.5) is 11.4 Å². The van der Waals surface area contributed by atoms with Gasteiger partial charge in [0.25, 0.3) is 9.05 Å². The zero-order valence-corrected chi connectivity index (χ0v) is 30.4. The minimum atomic E-state index is -3.70. The van der Waals surface area contributed by atoms with Crippen LogP contribution in [0.5, 0.6) is 0 Å². The summed E-state index contributed by atoms with van der Waals surface area (Å²) in [4.78, 5) is 23.2. The summed E-state index contributed by atoms with van der Waals surface area (Å²) in [7, 11) is -1.84. The van der Waals surface area contributed by atoms with E-state index in [4.69, 9.17) is 26.6 Å². The van der Waals surface area contributed by atoms with Gasteiger partial charge in [0.05, 0.1) is 28.8 Å². The standard InChI is InChI=1S/C19H21NO4S.C10H10ClNO3S.C8H11NO/c21-13-15-6-4-14(5-7-15)10-11-25(23,24)17-8-9-18-16(12-17)2-1-3-19(22)20-18;11-16(14,15)8-4-5-9-7(6-8)2-1-3-10(13)12-9;9-5-7-1-3-8(6-10)4-2-7/h4-9,12,21H,1-3,10-11,13H2,(H,20,22);4-6H,1-3H2,(H,12,13);1-4,10H,5-6,9H2. The van der Waals surface area contributed by atoms with E-state index in [1.54, 1.807) is 36.4 Å². The molecule has 51 heavy (non-hydrogen) atoms. The fourth-order valence-electron chi connectivity index (χ4n) is 5.41. The first kappa shape index (κ1) is 39.7. The lowest BCUT2D eigenvalue weighted by atomic mass is 10.1. The predicted octanol–water partition coefficient (Wildman–Crippen LogP) is 5.00. The number of nitrogens with one attached hydrogen (secondary N) is 2. The van der Waals surface area contributed by atoms with Crippen molar-refractivity contribution in [3.63, 3.8) is 0 Å². The summed E-state index contributed by atoms with van der Waals surface area (Å²) < 4.78 is 47.6. The van der Waals surface area contributed by atoms with Crippen LogP contribution in [0.3, 0.4) is 0 Å². The number of aryl methyl sites for hydroxylation is 3. The topological polar surface area (TPSA) is 193 Å². The number of hydrogen-bond donors (Lipinski definition) is 5. The van der Waals surface area contributed by atoms with Gasteiger partial charge in [-0.1, -0.05) is 48.5 Å². The van der Waals surface area contributed by atoms with Crippen LogP contribution >= 0.6 is 10.7 Å². The molecule has 4 aromatic carbocycles. The number of carbonyl (C=O) groups is 2. The molecule has 0 unspecified atom stereocenters. The molecule has 6 N–H and O–H groups in total. The third-order valence-corrected chi connectivity index (χ3v) is 11.4. The maximum Gasteiger partial charge on any atom is 0.261 e. The molecule has 0 fully saturated rings. The molecule has 0 atom stereocenters. The van der Waals surface area contributed by atoms with Crippen LogP contribution in [0, 0.1) is 0 Å². The zero-order valence-electron chi connectivity index (χ0n) is 28.0. The smallest absolute Gasteiger partial charge is 0.261 e. The van der Waals surface area contributed by atoms with E-state index in [0.29, 0.717) is 61.3 Å². The fraction of sp³-hybridized carbons (Fsp3) is 0.297. The molecule has 4 aromatic rings. The minimum absolute atomic E-state index is 0.0236. The van der Waals surface area contributed by atoms with Crippen LogP contribution in [-0.4, -0.2) is 44.6 Å². The molecule has 0 radical (unpaired) electrons. The Kier molecular flexibility index (Phi) is 14.3. The maximum absolute atomic E-state index is 12.6. The quantitative estimate of drug-likeness (QED) is 0.154. The van der Waals surface area contributed by atoms with Gasteiger partial charge in [-0.3, -0.25) is 9.59 Å². The number of hydrogen-bond acceptors (Lipinski definition) is 9. The van der Waals surface area contributed by atoms with E-state index in [2.05, 4.69) is 10.6 Å². The van der Waals surface area contributed by atoms with Gasteiger partial charge < -0.3 is 26.6 Å². The Balaban J connectivity index is 0.000000191. The molecule has 0 saturated heterocycles. The molecule has 272 valence electrons. The van der Waals surface area contributed by atoms with Crippen molar-refractivity contribution in [1.29, 1.82) is 0 Å². The number of halogens is 1. The van der Waals surface area contributed by atoms with Crippen molar-refractivity contribution in [3.8, 4) is 0 Å². The molecule has 2 amide bonds. The third kappa shape index (κ3) is 12.0. The van der Waals surface area contributed by atoms with Crippen molar-refractivity contribution in [3.05, 3.63) is 118 Å². The average Bonchev–Trinajstić information content (AvgIpc) is 3.44. The lowest BCUT2D eigenvalue weighted by molar-refractivity contribution is -0.117. The number of rotatable bonds is 8. The third-order valence-electron chi connectivity index (χ3n) is 8.35. The molecule has 0 aromatic heterocycles. The number of fused-ring (bicyclic) bond motifs is 2. The second-order valence-electron chi connectivity index (χ2n) is 12.1. The van der Waals surface area contributed by atoms with Gasteiger partial charge in [0.2, 0.25) is 11.8 Å². The van der Waals surface area contributed by atoms with Crippen LogP contribution in [0.1, 0.15) is 59.1 Å². The number of aliphatic hydroxyl groups is 2. The van der Waals surface area contributed by atoms with E-state index in [9.17, 15) is 26.4 Å². The van der Waals surface area contributed by atoms with E-state index in [-0.39, 0.29) is 35.7 Å². The highest BCUT2D eigenvalue weighted by atomic mass is 35.7. The predicted molar refractivity (Wildman–Crippen MR) is 197 cm³/mol. The monoisotopic (exact) mass is 755 g/mol. The van der Waals surface area contributed by atoms with Crippen molar-refractivity contribution in [2.24, 2.45) is 5.73 Å². The number of benzene rings is 4. The molecule has 6 rings (SSSR count). The number of anilines is 2. The summed E-state index contributed by atoms with van der Waals surface area (Å²) in [5, 5.41) is 23.3. The van der Waals surface area contributed by atoms with E-state index >= 15 is 0 Å². The van der Waals surface area contributed by atoms with Crippen molar-refractivity contribution >= 4 is 52.8 Å². The minimum Gasteiger partial charge on any atom is -0.392 e. The molecule has 11 nitrogen and oxygen atoms in total. The molecular formula is C37H42ClN3O8S2. The molecule has 0 saturated carbocycles. The Bertz CT molecular complexity index is 2010. The average molecular weight is 756 g/mol. The Morgan fingerprint density at radius 1 is 0.608 bits per heavy atom. The molecule has 2 heterocycles. The largest absolute Gasteiger partial charge is 0.392 e. The van der Waals surface area contributed by atoms with Crippen LogP contribution in [-0.2, 0) is 67.5 Å². The van der Waals surface area contributed by atoms with E-state index in [1.165, 1.54) is 12.1 Å². The summed E-state index contributed by atoms with van der Waals surface area (Å²) in [6, 6.07) is 24.3. The van der Waals surface area contributed by atoms with Gasteiger partial charge in [-0.15, -0.1) is 0 Å². The molecule has 0 aliphatic carbocycles. The lowest BCUT2D eigenvalue weighted by Gasteiger charge is -2.10.